The Morgan fingerprint density at radius 2 is 0.538 bits per heavy atom. The highest BCUT2D eigenvalue weighted by molar-refractivity contribution is 4.92. The van der Waals surface area contributed by atoms with Crippen LogP contribution in [-0.2, 0) is 0 Å². The van der Waals surface area contributed by atoms with Crippen LogP contribution in [0.4, 0.5) is 0 Å². The summed E-state index contributed by atoms with van der Waals surface area (Å²) in [6.45, 7) is 18.5. The van der Waals surface area contributed by atoms with Crippen LogP contribution < -0.4 is 0 Å². The van der Waals surface area contributed by atoms with E-state index in [1.807, 2.05) is 0 Å². The van der Waals surface area contributed by atoms with Crippen molar-refractivity contribution in [3.63, 3.8) is 0 Å². The van der Waals surface area contributed by atoms with Gasteiger partial charge in [0.1, 0.15) is 0 Å². The number of hydrogen-bond acceptors (Lipinski definition) is 1. The third-order valence-corrected chi connectivity index (χ3v) is 9.48. The third kappa shape index (κ3) is 23.2. The minimum atomic E-state index is 0.311. The SMILES string of the molecule is CCCCCCCCCCCCCCN(C(C)(C)CCCCCCCCC)C(C)(C)CCCCCCCCC. The smallest absolute Gasteiger partial charge is 0.0158 e. The highest BCUT2D eigenvalue weighted by atomic mass is 15.2. The first-order chi connectivity index (χ1) is 18.8. The summed E-state index contributed by atoms with van der Waals surface area (Å²) in [5, 5.41) is 0. The maximum atomic E-state index is 2.96. The summed E-state index contributed by atoms with van der Waals surface area (Å²) in [7, 11) is 0. The maximum Gasteiger partial charge on any atom is 0.0158 e. The minimum Gasteiger partial charge on any atom is -0.293 e. The molecule has 0 aliphatic rings. The fourth-order valence-electron chi connectivity index (χ4n) is 6.83. The van der Waals surface area contributed by atoms with Crippen molar-refractivity contribution >= 4 is 0 Å². The average Bonchev–Trinajstić information content (AvgIpc) is 2.90. The van der Waals surface area contributed by atoms with Crippen LogP contribution in [0.2, 0.25) is 0 Å². The van der Waals surface area contributed by atoms with Gasteiger partial charge in [0.25, 0.3) is 0 Å². The van der Waals surface area contributed by atoms with Gasteiger partial charge in [0.15, 0.2) is 0 Å². The zero-order valence-corrected chi connectivity index (χ0v) is 29.0. The Bertz CT molecular complexity index is 449. The fourth-order valence-corrected chi connectivity index (χ4v) is 6.83. The second kappa shape index (κ2) is 26.8. The fraction of sp³-hybridized carbons (Fsp3) is 1.00. The van der Waals surface area contributed by atoms with Gasteiger partial charge >= 0.3 is 0 Å². The van der Waals surface area contributed by atoms with Gasteiger partial charge in [0.2, 0.25) is 0 Å². The van der Waals surface area contributed by atoms with E-state index < -0.39 is 0 Å². The Morgan fingerprint density at radius 1 is 0.308 bits per heavy atom. The molecule has 0 amide bonds. The Morgan fingerprint density at radius 3 is 0.821 bits per heavy atom. The van der Waals surface area contributed by atoms with Crippen LogP contribution in [0.1, 0.15) is 228 Å². The standard InChI is InChI=1S/C38H79N/c1-8-11-14-17-20-21-22-23-24-27-30-33-36-39(37(4,5)34-31-28-25-18-15-12-9-2)38(6,7)35-32-29-26-19-16-13-10-3/h8-36H2,1-7H3. The molecule has 0 aliphatic carbocycles. The molecule has 0 spiro atoms. The highest BCUT2D eigenvalue weighted by Gasteiger charge is 2.36. The molecule has 0 atom stereocenters. The number of rotatable bonds is 31. The first-order valence-electron chi connectivity index (χ1n) is 18.6. The van der Waals surface area contributed by atoms with Gasteiger partial charge in [-0.2, -0.15) is 0 Å². The molecule has 0 rings (SSSR count). The van der Waals surface area contributed by atoms with E-state index in [1.54, 1.807) is 0 Å². The molecule has 0 aromatic rings. The topological polar surface area (TPSA) is 3.24 Å². The lowest BCUT2D eigenvalue weighted by atomic mass is 9.85. The van der Waals surface area contributed by atoms with E-state index in [2.05, 4.69) is 53.4 Å². The summed E-state index contributed by atoms with van der Waals surface area (Å²) in [5.41, 5.74) is 0.623. The van der Waals surface area contributed by atoms with Crippen LogP contribution in [-0.4, -0.2) is 22.5 Å². The Hall–Kier alpha value is -0.0400. The van der Waals surface area contributed by atoms with E-state index >= 15 is 0 Å². The number of hydrogen-bond donors (Lipinski definition) is 0. The molecule has 0 N–H and O–H groups in total. The molecule has 39 heavy (non-hydrogen) atoms. The summed E-state index contributed by atoms with van der Waals surface area (Å²) in [5.74, 6) is 0. The molecule has 1 heteroatoms. The predicted molar refractivity (Wildman–Crippen MR) is 181 cm³/mol. The largest absolute Gasteiger partial charge is 0.293 e. The quantitative estimate of drug-likeness (QED) is 0.0777. The molecular formula is C38H79N. The normalized spacial score (nSPS) is 12.6. The molecule has 0 radical (unpaired) electrons. The van der Waals surface area contributed by atoms with Crippen LogP contribution >= 0.6 is 0 Å². The van der Waals surface area contributed by atoms with E-state index in [0.717, 1.165) is 0 Å². The molecule has 1 nitrogen and oxygen atoms in total. The van der Waals surface area contributed by atoms with Crippen molar-refractivity contribution in [2.24, 2.45) is 0 Å². The Balaban J connectivity index is 4.54. The van der Waals surface area contributed by atoms with Gasteiger partial charge in [0.05, 0.1) is 0 Å². The molecule has 0 bridgehead atoms. The minimum absolute atomic E-state index is 0.311. The maximum absolute atomic E-state index is 2.96. The molecule has 0 unspecified atom stereocenters. The summed E-state index contributed by atoms with van der Waals surface area (Å²) in [6.07, 6.45) is 39.9. The van der Waals surface area contributed by atoms with Crippen LogP contribution in [0.5, 0.6) is 0 Å². The molecule has 0 heterocycles. The molecule has 0 aromatic heterocycles. The summed E-state index contributed by atoms with van der Waals surface area (Å²) >= 11 is 0. The van der Waals surface area contributed by atoms with E-state index in [-0.39, 0.29) is 0 Å². The van der Waals surface area contributed by atoms with Crippen molar-refractivity contribution in [2.75, 3.05) is 6.54 Å². The molecule has 0 saturated heterocycles. The van der Waals surface area contributed by atoms with Crippen LogP contribution in [0.25, 0.3) is 0 Å². The van der Waals surface area contributed by atoms with Gasteiger partial charge in [0, 0.05) is 11.1 Å². The Kier molecular flexibility index (Phi) is 26.8. The highest BCUT2D eigenvalue weighted by Crippen LogP contribution is 2.34. The van der Waals surface area contributed by atoms with E-state index in [4.69, 9.17) is 0 Å². The Labute approximate surface area is 250 Å². The average molecular weight is 550 g/mol. The van der Waals surface area contributed by atoms with Crippen molar-refractivity contribution in [3.05, 3.63) is 0 Å². The zero-order chi connectivity index (χ0) is 29.1. The van der Waals surface area contributed by atoms with E-state index in [1.165, 1.54) is 186 Å². The monoisotopic (exact) mass is 550 g/mol. The first kappa shape index (κ1) is 39.0. The summed E-state index contributed by atoms with van der Waals surface area (Å²) in [6, 6.07) is 0. The third-order valence-electron chi connectivity index (χ3n) is 9.48. The lowest BCUT2D eigenvalue weighted by Crippen LogP contribution is -2.55. The van der Waals surface area contributed by atoms with Crippen molar-refractivity contribution < 1.29 is 0 Å². The summed E-state index contributed by atoms with van der Waals surface area (Å²) < 4.78 is 0. The number of nitrogens with zero attached hydrogens (tertiary/aromatic N) is 1. The zero-order valence-electron chi connectivity index (χ0n) is 29.0. The van der Waals surface area contributed by atoms with Crippen LogP contribution in [0.15, 0.2) is 0 Å². The van der Waals surface area contributed by atoms with Crippen molar-refractivity contribution in [1.82, 2.24) is 4.90 Å². The molecule has 0 saturated carbocycles. The first-order valence-corrected chi connectivity index (χ1v) is 18.6. The van der Waals surface area contributed by atoms with Gasteiger partial charge in [-0.15, -0.1) is 0 Å². The van der Waals surface area contributed by atoms with Crippen molar-refractivity contribution in [1.29, 1.82) is 0 Å². The van der Waals surface area contributed by atoms with Gasteiger partial charge in [-0.3, -0.25) is 4.90 Å². The molecule has 0 aromatic carbocycles. The second-order valence-electron chi connectivity index (χ2n) is 14.4. The lowest BCUT2D eigenvalue weighted by Gasteiger charge is -2.49. The second-order valence-corrected chi connectivity index (χ2v) is 14.4. The lowest BCUT2D eigenvalue weighted by molar-refractivity contribution is 0.00151. The van der Waals surface area contributed by atoms with Gasteiger partial charge < -0.3 is 0 Å². The summed E-state index contributed by atoms with van der Waals surface area (Å²) in [4.78, 5) is 2.96. The van der Waals surface area contributed by atoms with E-state index in [0.29, 0.717) is 11.1 Å². The van der Waals surface area contributed by atoms with Gasteiger partial charge in [-0.25, -0.2) is 0 Å². The van der Waals surface area contributed by atoms with E-state index in [9.17, 15) is 0 Å². The molecule has 236 valence electrons. The predicted octanol–water partition coefficient (Wildman–Crippen LogP) is 13.8. The van der Waals surface area contributed by atoms with Crippen LogP contribution in [0.3, 0.4) is 0 Å². The van der Waals surface area contributed by atoms with Crippen molar-refractivity contribution in [3.8, 4) is 0 Å². The molecule has 0 fully saturated rings. The molecule has 0 aliphatic heterocycles. The van der Waals surface area contributed by atoms with Gasteiger partial charge in [-0.1, -0.05) is 181 Å². The van der Waals surface area contributed by atoms with Crippen molar-refractivity contribution in [2.45, 2.75) is 239 Å². The number of unbranched alkanes of at least 4 members (excludes halogenated alkanes) is 23. The molecular weight excluding hydrogens is 470 g/mol. The van der Waals surface area contributed by atoms with Crippen LogP contribution in [0, 0.1) is 0 Å². The van der Waals surface area contributed by atoms with Gasteiger partial charge in [-0.05, 0) is 53.5 Å².